The SMILES string of the molecule is C.C.C.O=C(O)C(Oc1ccc(Br)cc1-n1nc2ccccc2n1)c1cccc(Cl)c1.O=C(O)C(Oc1ccc(Br)cc1-n1nc2ccccc2n1)c1cccc(Cl)c1.O=C(O)C(Oc1ccc(Br)cc1-n1nc2ccccc2n1)c1cccc(Cl)c1. The van der Waals surface area contributed by atoms with Crippen LogP contribution in [0.4, 0.5) is 0 Å². The van der Waals surface area contributed by atoms with E-state index < -0.39 is 36.2 Å². The van der Waals surface area contributed by atoms with Gasteiger partial charge in [-0.1, -0.05) is 178 Å². The lowest BCUT2D eigenvalue weighted by Crippen LogP contribution is -2.19. The Labute approximate surface area is 538 Å². The van der Waals surface area contributed by atoms with Gasteiger partial charge >= 0.3 is 17.9 Å². The summed E-state index contributed by atoms with van der Waals surface area (Å²) in [5, 5.41) is 57.1. The summed E-state index contributed by atoms with van der Waals surface area (Å²) in [6, 6.07) is 57.7. The molecule has 87 heavy (non-hydrogen) atoms. The average molecular weight is 1420 g/mol. The Morgan fingerprint density at radius 2 is 0.575 bits per heavy atom. The van der Waals surface area contributed by atoms with Crippen LogP contribution < -0.4 is 14.2 Å². The molecule has 9 aromatic carbocycles. The van der Waals surface area contributed by atoms with Crippen molar-refractivity contribution in [3.8, 4) is 34.3 Å². The Morgan fingerprint density at radius 3 is 0.782 bits per heavy atom. The maximum absolute atomic E-state index is 11.9. The Balaban J connectivity index is 0.000000183. The Hall–Kier alpha value is -8.70. The Kier molecular flexibility index (Phi) is 22.4. The normalized spacial score (nSPS) is 11.7. The number of hydrogen-bond donors (Lipinski definition) is 3. The number of halogens is 6. The molecule has 12 rings (SSSR count). The van der Waals surface area contributed by atoms with Crippen LogP contribution in [0.25, 0.3) is 50.2 Å². The molecule has 3 unspecified atom stereocenters. The monoisotopic (exact) mass is 1420 g/mol. The molecular formula is C63H51Br3Cl3N9O9. The first-order valence-corrected chi connectivity index (χ1v) is 28.4. The summed E-state index contributed by atoms with van der Waals surface area (Å²) in [5.41, 5.74) is 7.17. The minimum atomic E-state index is -1.23. The van der Waals surface area contributed by atoms with Gasteiger partial charge in [0.1, 0.15) is 67.4 Å². The minimum Gasteiger partial charge on any atom is -0.478 e. The molecular weight excluding hydrogens is 1370 g/mol. The number of carbonyl (C=O) groups is 3. The van der Waals surface area contributed by atoms with Gasteiger partial charge in [0.05, 0.1) is 0 Å². The van der Waals surface area contributed by atoms with E-state index in [9.17, 15) is 29.7 Å². The molecule has 0 aliphatic carbocycles. The van der Waals surface area contributed by atoms with Gasteiger partial charge < -0.3 is 29.5 Å². The third-order valence-electron chi connectivity index (χ3n) is 12.1. The summed E-state index contributed by atoms with van der Waals surface area (Å²) in [4.78, 5) is 39.9. The zero-order valence-electron chi connectivity index (χ0n) is 42.9. The maximum Gasteiger partial charge on any atom is 0.349 e. The van der Waals surface area contributed by atoms with E-state index in [1.165, 1.54) is 14.4 Å². The second-order valence-electron chi connectivity index (χ2n) is 17.9. The van der Waals surface area contributed by atoms with E-state index in [-0.39, 0.29) is 22.3 Å². The van der Waals surface area contributed by atoms with Gasteiger partial charge in [-0.3, -0.25) is 0 Å². The molecule has 0 saturated heterocycles. The lowest BCUT2D eigenvalue weighted by molar-refractivity contribution is -0.146. The fourth-order valence-corrected chi connectivity index (χ4v) is 9.96. The predicted molar refractivity (Wildman–Crippen MR) is 347 cm³/mol. The van der Waals surface area contributed by atoms with Crippen LogP contribution in [0.1, 0.15) is 57.3 Å². The van der Waals surface area contributed by atoms with Gasteiger partial charge in [-0.05, 0) is 127 Å². The number of aliphatic carboxylic acids is 3. The molecule has 0 bridgehead atoms. The van der Waals surface area contributed by atoms with Gasteiger partial charge in [-0.2, -0.15) is 0 Å². The van der Waals surface area contributed by atoms with E-state index in [0.717, 1.165) is 46.5 Å². The molecule has 18 nitrogen and oxygen atoms in total. The number of fused-ring (bicyclic) bond motifs is 3. The van der Waals surface area contributed by atoms with Gasteiger partial charge in [0.2, 0.25) is 18.3 Å². The molecule has 24 heteroatoms. The van der Waals surface area contributed by atoms with Crippen molar-refractivity contribution in [2.75, 3.05) is 0 Å². The van der Waals surface area contributed by atoms with Gasteiger partial charge in [-0.15, -0.1) is 45.0 Å². The van der Waals surface area contributed by atoms with E-state index in [2.05, 4.69) is 78.4 Å². The Morgan fingerprint density at radius 1 is 0.345 bits per heavy atom. The summed E-state index contributed by atoms with van der Waals surface area (Å²) < 4.78 is 20.0. The van der Waals surface area contributed by atoms with Gasteiger partial charge in [-0.25, -0.2) is 14.4 Å². The van der Waals surface area contributed by atoms with Crippen LogP contribution in [-0.2, 0) is 14.4 Å². The first-order valence-electron chi connectivity index (χ1n) is 24.8. The molecule has 0 aliphatic heterocycles. The highest BCUT2D eigenvalue weighted by Gasteiger charge is 2.28. The highest BCUT2D eigenvalue weighted by Crippen LogP contribution is 2.35. The molecule has 0 aliphatic rings. The number of rotatable bonds is 15. The average Bonchev–Trinajstić information content (AvgIpc) is 2.71. The molecule has 3 heterocycles. The number of ether oxygens (including phenoxy) is 3. The summed E-state index contributed by atoms with van der Waals surface area (Å²) in [7, 11) is 0. The van der Waals surface area contributed by atoms with E-state index in [0.29, 0.717) is 66.1 Å². The largest absolute Gasteiger partial charge is 0.478 e. The maximum atomic E-state index is 11.9. The third kappa shape index (κ3) is 16.0. The van der Waals surface area contributed by atoms with Gasteiger partial charge in [0, 0.05) is 45.2 Å². The highest BCUT2D eigenvalue weighted by molar-refractivity contribution is 9.11. The van der Waals surface area contributed by atoms with Crippen LogP contribution >= 0.6 is 82.6 Å². The van der Waals surface area contributed by atoms with Crippen LogP contribution in [0.5, 0.6) is 17.2 Å². The van der Waals surface area contributed by atoms with E-state index in [4.69, 9.17) is 49.0 Å². The zero-order chi connectivity index (χ0) is 59.0. The van der Waals surface area contributed by atoms with Crippen molar-refractivity contribution in [3.63, 3.8) is 0 Å². The van der Waals surface area contributed by atoms with E-state index >= 15 is 0 Å². The van der Waals surface area contributed by atoms with Crippen molar-refractivity contribution in [3.05, 3.63) is 245 Å². The molecule has 0 amide bonds. The first-order chi connectivity index (χ1) is 40.5. The lowest BCUT2D eigenvalue weighted by Gasteiger charge is -2.18. The number of hydrogen-bond acceptors (Lipinski definition) is 12. The second kappa shape index (κ2) is 29.6. The van der Waals surface area contributed by atoms with Crippen molar-refractivity contribution in [2.24, 2.45) is 0 Å². The molecule has 0 fully saturated rings. The smallest absolute Gasteiger partial charge is 0.349 e. The quantitative estimate of drug-likeness (QED) is 0.0866. The number of benzene rings is 9. The van der Waals surface area contributed by atoms with E-state index in [1.807, 2.05) is 72.8 Å². The van der Waals surface area contributed by atoms with Crippen molar-refractivity contribution in [2.45, 2.75) is 40.6 Å². The molecule has 0 saturated carbocycles. The lowest BCUT2D eigenvalue weighted by atomic mass is 10.1. The van der Waals surface area contributed by atoms with Gasteiger partial charge in [0.15, 0.2) is 0 Å². The summed E-state index contributed by atoms with van der Waals surface area (Å²) in [6.07, 6.45) is -3.70. The van der Waals surface area contributed by atoms with Crippen molar-refractivity contribution < 1.29 is 43.9 Å². The standard InChI is InChI=1S/3C20H13BrClN3O3.3CH4/c3*21-13-8-9-18(28-19(20(26)27)12-4-3-5-14(22)10-12)17(11-13)25-23-15-6-1-2-7-16(15)24-25;;;/h3*1-11,19H,(H,26,27);3*1H4. The van der Waals surface area contributed by atoms with Crippen LogP contribution in [0.2, 0.25) is 15.1 Å². The number of nitrogens with zero attached hydrogens (tertiary/aromatic N) is 9. The molecule has 0 spiro atoms. The summed E-state index contributed by atoms with van der Waals surface area (Å²) in [6.45, 7) is 0. The predicted octanol–water partition coefficient (Wildman–Crippen LogP) is 17.0. The van der Waals surface area contributed by atoms with Crippen molar-refractivity contribution in [1.29, 1.82) is 0 Å². The summed E-state index contributed by atoms with van der Waals surface area (Å²) in [5.74, 6) is -2.40. The fourth-order valence-electron chi connectivity index (χ4n) is 8.31. The second-order valence-corrected chi connectivity index (χ2v) is 22.0. The number of aromatic nitrogens is 9. The molecule has 3 atom stereocenters. The van der Waals surface area contributed by atoms with Crippen LogP contribution in [0, 0.1) is 0 Å². The first kappa shape index (κ1) is 65.8. The zero-order valence-corrected chi connectivity index (χ0v) is 49.9. The molecule has 3 aromatic heterocycles. The third-order valence-corrected chi connectivity index (χ3v) is 14.3. The van der Waals surface area contributed by atoms with Crippen LogP contribution in [-0.4, -0.2) is 78.2 Å². The minimum absolute atomic E-state index is 0. The fraction of sp³-hybridized carbons (Fsp3) is 0.0952. The van der Waals surface area contributed by atoms with Crippen LogP contribution in [0.3, 0.4) is 0 Å². The molecule has 0 radical (unpaired) electrons. The van der Waals surface area contributed by atoms with Crippen molar-refractivity contribution in [1.82, 2.24) is 45.0 Å². The number of carboxylic acids is 3. The molecule has 3 N–H and O–H groups in total. The summed E-state index contributed by atoms with van der Waals surface area (Å²) >= 11 is 28.3. The molecule has 444 valence electrons. The van der Waals surface area contributed by atoms with Crippen molar-refractivity contribution >= 4 is 134 Å². The van der Waals surface area contributed by atoms with Gasteiger partial charge in [0.25, 0.3) is 0 Å². The Bertz CT molecular complexity index is 3880. The number of carboxylic acid groups (broad SMARTS) is 3. The highest BCUT2D eigenvalue weighted by atomic mass is 79.9. The topological polar surface area (TPSA) is 232 Å². The van der Waals surface area contributed by atoms with E-state index in [1.54, 1.807) is 127 Å². The van der Waals surface area contributed by atoms with Crippen LogP contribution in [0.15, 0.2) is 214 Å². The molecule has 12 aromatic rings.